The Kier molecular flexibility index (Phi) is 3.87. The summed E-state index contributed by atoms with van der Waals surface area (Å²) < 4.78 is 13.5. The van der Waals surface area contributed by atoms with E-state index in [0.29, 0.717) is 5.92 Å². The van der Waals surface area contributed by atoms with Gasteiger partial charge >= 0.3 is 0 Å². The van der Waals surface area contributed by atoms with E-state index in [4.69, 9.17) is 0 Å². The SMILES string of the molecule is CCC1CCCCC1C(=O)c1ncccc1F. The third-order valence-electron chi connectivity index (χ3n) is 3.76. The van der Waals surface area contributed by atoms with Crippen LogP contribution in [0, 0.1) is 17.7 Å². The largest absolute Gasteiger partial charge is 0.292 e. The molecule has 2 atom stereocenters. The molecule has 2 rings (SSSR count). The van der Waals surface area contributed by atoms with Crippen LogP contribution in [0.2, 0.25) is 0 Å². The average Bonchev–Trinajstić information content (AvgIpc) is 2.38. The fraction of sp³-hybridized carbons (Fsp3) is 0.571. The normalized spacial score (nSPS) is 24.6. The molecule has 0 amide bonds. The predicted molar refractivity (Wildman–Crippen MR) is 64.3 cm³/mol. The van der Waals surface area contributed by atoms with Crippen LogP contribution in [-0.2, 0) is 0 Å². The maximum absolute atomic E-state index is 13.5. The van der Waals surface area contributed by atoms with Gasteiger partial charge in [0.2, 0.25) is 0 Å². The van der Waals surface area contributed by atoms with Gasteiger partial charge in [0.15, 0.2) is 11.6 Å². The Morgan fingerprint density at radius 2 is 2.24 bits per heavy atom. The zero-order chi connectivity index (χ0) is 12.3. The first-order chi connectivity index (χ1) is 8.24. The number of rotatable bonds is 3. The Morgan fingerprint density at radius 1 is 1.47 bits per heavy atom. The minimum atomic E-state index is -0.488. The monoisotopic (exact) mass is 235 g/mol. The van der Waals surface area contributed by atoms with Crippen molar-refractivity contribution in [1.82, 2.24) is 4.98 Å². The van der Waals surface area contributed by atoms with E-state index in [1.165, 1.54) is 24.8 Å². The summed E-state index contributed by atoms with van der Waals surface area (Å²) >= 11 is 0. The molecule has 1 aliphatic rings. The predicted octanol–water partition coefficient (Wildman–Crippen LogP) is 3.62. The van der Waals surface area contributed by atoms with E-state index in [2.05, 4.69) is 11.9 Å². The summed E-state index contributed by atoms with van der Waals surface area (Å²) in [6.07, 6.45) is 6.70. The third-order valence-corrected chi connectivity index (χ3v) is 3.76. The number of carbonyl (C=O) groups is 1. The zero-order valence-corrected chi connectivity index (χ0v) is 10.2. The lowest BCUT2D eigenvalue weighted by atomic mass is 9.75. The molecule has 0 spiro atoms. The number of halogens is 1. The van der Waals surface area contributed by atoms with Crippen molar-refractivity contribution in [3.63, 3.8) is 0 Å². The van der Waals surface area contributed by atoms with Crippen molar-refractivity contribution in [1.29, 1.82) is 0 Å². The second-order valence-electron chi connectivity index (χ2n) is 4.76. The molecule has 1 heterocycles. The van der Waals surface area contributed by atoms with E-state index in [1.54, 1.807) is 0 Å². The molecule has 1 aliphatic carbocycles. The van der Waals surface area contributed by atoms with Crippen molar-refractivity contribution in [2.45, 2.75) is 39.0 Å². The van der Waals surface area contributed by atoms with Crippen molar-refractivity contribution in [2.24, 2.45) is 11.8 Å². The number of ketones is 1. The van der Waals surface area contributed by atoms with Crippen LogP contribution < -0.4 is 0 Å². The molecular formula is C14H18FNO. The van der Waals surface area contributed by atoms with Crippen LogP contribution in [0.3, 0.4) is 0 Å². The van der Waals surface area contributed by atoms with Crippen molar-refractivity contribution in [3.8, 4) is 0 Å². The molecule has 0 radical (unpaired) electrons. The molecule has 17 heavy (non-hydrogen) atoms. The maximum atomic E-state index is 13.5. The topological polar surface area (TPSA) is 30.0 Å². The minimum Gasteiger partial charge on any atom is -0.292 e. The molecule has 3 heteroatoms. The van der Waals surface area contributed by atoms with Crippen LogP contribution in [0.25, 0.3) is 0 Å². The number of nitrogens with zero attached hydrogens (tertiary/aromatic N) is 1. The molecule has 1 aromatic rings. The Hall–Kier alpha value is -1.25. The minimum absolute atomic E-state index is 0.0258. The molecule has 2 nitrogen and oxygen atoms in total. The first kappa shape index (κ1) is 12.2. The molecule has 1 saturated carbocycles. The number of hydrogen-bond donors (Lipinski definition) is 0. The quantitative estimate of drug-likeness (QED) is 0.749. The molecule has 1 fully saturated rings. The van der Waals surface area contributed by atoms with E-state index in [0.717, 1.165) is 25.7 Å². The molecule has 0 aliphatic heterocycles. The standard InChI is InChI=1S/C14H18FNO/c1-2-10-6-3-4-7-11(10)14(17)13-12(15)8-5-9-16-13/h5,8-11H,2-4,6-7H2,1H3. The van der Waals surface area contributed by atoms with E-state index >= 15 is 0 Å². The summed E-state index contributed by atoms with van der Waals surface area (Å²) in [5, 5.41) is 0. The summed E-state index contributed by atoms with van der Waals surface area (Å²) in [7, 11) is 0. The van der Waals surface area contributed by atoms with Gasteiger partial charge in [0.05, 0.1) is 0 Å². The van der Waals surface area contributed by atoms with E-state index < -0.39 is 5.82 Å². The van der Waals surface area contributed by atoms with Crippen LogP contribution in [0.4, 0.5) is 4.39 Å². The van der Waals surface area contributed by atoms with Crippen molar-refractivity contribution < 1.29 is 9.18 Å². The Balaban J connectivity index is 2.21. The first-order valence-corrected chi connectivity index (χ1v) is 6.38. The number of carbonyl (C=O) groups excluding carboxylic acids is 1. The van der Waals surface area contributed by atoms with Crippen LogP contribution in [-0.4, -0.2) is 10.8 Å². The maximum Gasteiger partial charge on any atom is 0.187 e. The molecule has 92 valence electrons. The average molecular weight is 235 g/mol. The van der Waals surface area contributed by atoms with Gasteiger partial charge in [-0.3, -0.25) is 9.78 Å². The van der Waals surface area contributed by atoms with Gasteiger partial charge in [0.1, 0.15) is 5.69 Å². The van der Waals surface area contributed by atoms with Gasteiger partial charge in [0.25, 0.3) is 0 Å². The first-order valence-electron chi connectivity index (χ1n) is 6.38. The van der Waals surface area contributed by atoms with Crippen molar-refractivity contribution >= 4 is 5.78 Å². The Bertz CT molecular complexity index is 405. The molecule has 0 N–H and O–H groups in total. The van der Waals surface area contributed by atoms with Gasteiger partial charge in [-0.15, -0.1) is 0 Å². The lowest BCUT2D eigenvalue weighted by Crippen LogP contribution is -2.28. The highest BCUT2D eigenvalue weighted by molar-refractivity contribution is 5.96. The highest BCUT2D eigenvalue weighted by Crippen LogP contribution is 2.34. The van der Waals surface area contributed by atoms with Crippen molar-refractivity contribution in [2.75, 3.05) is 0 Å². The molecule has 0 aromatic carbocycles. The lowest BCUT2D eigenvalue weighted by molar-refractivity contribution is 0.0810. The van der Waals surface area contributed by atoms with Crippen LogP contribution in [0.5, 0.6) is 0 Å². The van der Waals surface area contributed by atoms with Gasteiger partial charge in [-0.25, -0.2) is 4.39 Å². The highest BCUT2D eigenvalue weighted by atomic mass is 19.1. The van der Waals surface area contributed by atoms with Crippen molar-refractivity contribution in [3.05, 3.63) is 29.8 Å². The van der Waals surface area contributed by atoms with Gasteiger partial charge in [-0.2, -0.15) is 0 Å². The van der Waals surface area contributed by atoms with Gasteiger partial charge in [-0.05, 0) is 30.9 Å². The molecule has 1 aromatic heterocycles. The smallest absolute Gasteiger partial charge is 0.187 e. The molecule has 2 unspecified atom stereocenters. The van der Waals surface area contributed by atoms with Crippen LogP contribution in [0.15, 0.2) is 18.3 Å². The van der Waals surface area contributed by atoms with E-state index in [-0.39, 0.29) is 17.4 Å². The van der Waals surface area contributed by atoms with Gasteiger partial charge in [0, 0.05) is 12.1 Å². The van der Waals surface area contributed by atoms with E-state index in [1.807, 2.05) is 0 Å². The summed E-state index contributed by atoms with van der Waals surface area (Å²) in [5.41, 5.74) is 0.0258. The summed E-state index contributed by atoms with van der Waals surface area (Å²) in [6, 6.07) is 2.83. The second kappa shape index (κ2) is 5.39. The van der Waals surface area contributed by atoms with Crippen LogP contribution >= 0.6 is 0 Å². The van der Waals surface area contributed by atoms with Crippen LogP contribution in [0.1, 0.15) is 49.5 Å². The number of aromatic nitrogens is 1. The summed E-state index contributed by atoms with van der Waals surface area (Å²) in [6.45, 7) is 2.10. The fourth-order valence-electron chi connectivity index (χ4n) is 2.78. The highest BCUT2D eigenvalue weighted by Gasteiger charge is 2.32. The zero-order valence-electron chi connectivity index (χ0n) is 10.2. The van der Waals surface area contributed by atoms with E-state index in [9.17, 15) is 9.18 Å². The molecular weight excluding hydrogens is 217 g/mol. The Morgan fingerprint density at radius 3 is 2.94 bits per heavy atom. The lowest BCUT2D eigenvalue weighted by Gasteiger charge is -2.29. The number of Topliss-reactive ketones (excluding diaryl/α,β-unsaturated/α-hetero) is 1. The second-order valence-corrected chi connectivity index (χ2v) is 4.76. The fourth-order valence-corrected chi connectivity index (χ4v) is 2.78. The number of hydrogen-bond acceptors (Lipinski definition) is 2. The van der Waals surface area contributed by atoms with Gasteiger partial charge < -0.3 is 0 Å². The molecule has 0 saturated heterocycles. The summed E-state index contributed by atoms with van der Waals surface area (Å²) in [5.74, 6) is -0.219. The summed E-state index contributed by atoms with van der Waals surface area (Å²) in [4.78, 5) is 16.2. The third kappa shape index (κ3) is 2.54. The van der Waals surface area contributed by atoms with Gasteiger partial charge in [-0.1, -0.05) is 26.2 Å². The number of pyridine rings is 1. The Labute approximate surface area is 101 Å². The molecule has 0 bridgehead atoms.